The Bertz CT molecular complexity index is 952. The third kappa shape index (κ3) is 36.4. The highest BCUT2D eigenvalue weighted by Gasteiger charge is 2.17. The molecule has 2 unspecified atom stereocenters. The van der Waals surface area contributed by atoms with Gasteiger partial charge in [0, 0.05) is 6.42 Å². The minimum absolute atomic E-state index is 0.0829. The van der Waals surface area contributed by atoms with Gasteiger partial charge in [0.2, 0.25) is 5.91 Å². The van der Waals surface area contributed by atoms with Crippen LogP contribution < -0.4 is 5.32 Å². The van der Waals surface area contributed by atoms with Crippen molar-refractivity contribution in [3.05, 3.63) is 97.2 Å². The first-order chi connectivity index (χ1) is 24.2. The van der Waals surface area contributed by atoms with Gasteiger partial charge in [0.1, 0.15) is 0 Å². The molecule has 0 bridgehead atoms. The van der Waals surface area contributed by atoms with Gasteiger partial charge in [0.25, 0.3) is 0 Å². The number of nitrogens with one attached hydrogen (secondary N) is 1. The summed E-state index contributed by atoms with van der Waals surface area (Å²) in [4.78, 5) is 12.2. The van der Waals surface area contributed by atoms with Crippen LogP contribution in [0.1, 0.15) is 162 Å². The molecule has 3 N–H and O–H groups in total. The lowest BCUT2D eigenvalue weighted by Crippen LogP contribution is -2.45. The first-order valence-corrected chi connectivity index (χ1v) is 20.0. The van der Waals surface area contributed by atoms with Crippen LogP contribution in [0.3, 0.4) is 0 Å². The lowest BCUT2D eigenvalue weighted by atomic mass is 10.0. The van der Waals surface area contributed by atoms with E-state index in [0.29, 0.717) is 6.42 Å². The topological polar surface area (TPSA) is 69.6 Å². The van der Waals surface area contributed by atoms with Crippen molar-refractivity contribution in [2.24, 2.45) is 0 Å². The second kappa shape index (κ2) is 39.7. The van der Waals surface area contributed by atoms with Crippen LogP contribution in [0.4, 0.5) is 0 Å². The maximum Gasteiger partial charge on any atom is 0.220 e. The molecule has 0 fully saturated rings. The Kier molecular flexibility index (Phi) is 37.6. The van der Waals surface area contributed by atoms with Gasteiger partial charge in [-0.2, -0.15) is 0 Å². The van der Waals surface area contributed by atoms with Crippen LogP contribution in [-0.4, -0.2) is 34.9 Å². The van der Waals surface area contributed by atoms with Crippen molar-refractivity contribution < 1.29 is 15.0 Å². The molecule has 0 rings (SSSR count). The minimum atomic E-state index is -0.841. The number of carbonyl (C=O) groups is 1. The second-order valence-corrected chi connectivity index (χ2v) is 13.0. The number of allylic oxidation sites excluding steroid dienone is 15. The van der Waals surface area contributed by atoms with E-state index in [-0.39, 0.29) is 12.5 Å². The Labute approximate surface area is 303 Å². The van der Waals surface area contributed by atoms with Crippen molar-refractivity contribution >= 4 is 5.91 Å². The molecule has 0 radical (unpaired) electrons. The van der Waals surface area contributed by atoms with Gasteiger partial charge in [0.05, 0.1) is 18.8 Å². The molecule has 0 saturated heterocycles. The number of carbonyl (C=O) groups excluding carboxylic acids is 1. The standard InChI is InChI=1S/C45H75NO3/c1-3-5-7-9-10-11-12-13-14-15-16-17-18-19-20-21-22-23-24-25-26-27-28-29-30-31-32-33-34-35-36-37-39-41-45(49)46-43(42-47)44(48)40-38-8-6-4-2/h5,7,10-11,13-14,16-17,19-20,22-23,25-26,38,40,43-44,47-48H,3-4,6,8-9,12,15,18,21,24,27-37,39,41-42H2,1-2H3,(H,46,49)/b7-5-,11-10-,14-13-,17-16-,20-19-,23-22-,26-25-,40-38+. The lowest BCUT2D eigenvalue weighted by Gasteiger charge is -2.19. The maximum absolute atomic E-state index is 12.2. The van der Waals surface area contributed by atoms with E-state index in [0.717, 1.165) is 77.0 Å². The van der Waals surface area contributed by atoms with Crippen LogP contribution in [0.25, 0.3) is 0 Å². The number of rotatable bonds is 34. The van der Waals surface area contributed by atoms with Gasteiger partial charge in [-0.25, -0.2) is 0 Å². The van der Waals surface area contributed by atoms with E-state index in [1.165, 1.54) is 64.2 Å². The Morgan fingerprint density at radius 2 is 0.898 bits per heavy atom. The highest BCUT2D eigenvalue weighted by molar-refractivity contribution is 5.76. The zero-order valence-electron chi connectivity index (χ0n) is 31.7. The fraction of sp³-hybridized carbons (Fsp3) is 0.622. The number of hydrogen-bond acceptors (Lipinski definition) is 3. The lowest BCUT2D eigenvalue weighted by molar-refractivity contribution is -0.123. The monoisotopic (exact) mass is 678 g/mol. The SMILES string of the molecule is CC/C=C\C/C=C\C/C=C\C/C=C\C/C=C\C/C=C\C/C=C\CCCCCCCCCCCCCC(=O)NC(CO)C(O)/C=C/CCCC. The van der Waals surface area contributed by atoms with Gasteiger partial charge >= 0.3 is 0 Å². The van der Waals surface area contributed by atoms with E-state index in [9.17, 15) is 15.0 Å². The molecule has 2 atom stereocenters. The van der Waals surface area contributed by atoms with Gasteiger partial charge in [-0.3, -0.25) is 4.79 Å². The zero-order valence-corrected chi connectivity index (χ0v) is 31.7. The minimum Gasteiger partial charge on any atom is -0.394 e. The zero-order chi connectivity index (χ0) is 35.7. The smallest absolute Gasteiger partial charge is 0.220 e. The molecule has 0 saturated carbocycles. The van der Waals surface area contributed by atoms with Gasteiger partial charge in [-0.15, -0.1) is 0 Å². The van der Waals surface area contributed by atoms with Crippen molar-refractivity contribution in [2.75, 3.05) is 6.61 Å². The number of aliphatic hydroxyl groups excluding tert-OH is 2. The van der Waals surface area contributed by atoms with Crippen LogP contribution in [-0.2, 0) is 4.79 Å². The highest BCUT2D eigenvalue weighted by atomic mass is 16.3. The average molecular weight is 678 g/mol. The summed E-state index contributed by atoms with van der Waals surface area (Å²) in [6.45, 7) is 4.03. The fourth-order valence-electron chi connectivity index (χ4n) is 5.26. The molecule has 1 amide bonds. The van der Waals surface area contributed by atoms with E-state index < -0.39 is 12.1 Å². The van der Waals surface area contributed by atoms with E-state index in [2.05, 4.69) is 104 Å². The molecule has 49 heavy (non-hydrogen) atoms. The maximum atomic E-state index is 12.2. The Morgan fingerprint density at radius 1 is 0.510 bits per heavy atom. The summed E-state index contributed by atoms with van der Waals surface area (Å²) in [5.41, 5.74) is 0. The summed E-state index contributed by atoms with van der Waals surface area (Å²) in [7, 11) is 0. The summed E-state index contributed by atoms with van der Waals surface area (Å²) in [6.07, 6.45) is 59.8. The quantitative estimate of drug-likeness (QED) is 0.0469. The number of unbranched alkanes of at least 4 members (excludes halogenated alkanes) is 13. The Hall–Kier alpha value is -2.69. The van der Waals surface area contributed by atoms with Crippen molar-refractivity contribution in [1.82, 2.24) is 5.32 Å². The van der Waals surface area contributed by atoms with E-state index in [1.807, 2.05) is 6.08 Å². The first-order valence-electron chi connectivity index (χ1n) is 20.0. The van der Waals surface area contributed by atoms with Crippen LogP contribution in [0, 0.1) is 0 Å². The highest BCUT2D eigenvalue weighted by Crippen LogP contribution is 2.13. The second-order valence-electron chi connectivity index (χ2n) is 13.0. The van der Waals surface area contributed by atoms with Crippen molar-refractivity contribution in [1.29, 1.82) is 0 Å². The molecule has 0 aliphatic heterocycles. The predicted octanol–water partition coefficient (Wildman–Crippen LogP) is 12.3. The van der Waals surface area contributed by atoms with Crippen molar-refractivity contribution in [2.45, 2.75) is 174 Å². The van der Waals surface area contributed by atoms with Crippen LogP contribution in [0.15, 0.2) is 97.2 Å². The van der Waals surface area contributed by atoms with E-state index in [4.69, 9.17) is 0 Å². The summed E-state index contributed by atoms with van der Waals surface area (Å²) in [5.74, 6) is -0.0829. The summed E-state index contributed by atoms with van der Waals surface area (Å²) < 4.78 is 0. The van der Waals surface area contributed by atoms with Crippen molar-refractivity contribution in [3.8, 4) is 0 Å². The molecule has 0 aliphatic carbocycles. The van der Waals surface area contributed by atoms with E-state index >= 15 is 0 Å². The van der Waals surface area contributed by atoms with Crippen molar-refractivity contribution in [3.63, 3.8) is 0 Å². The molecule has 0 aromatic heterocycles. The number of hydrogen-bond donors (Lipinski definition) is 3. The molecule has 0 aromatic rings. The molecule has 4 nitrogen and oxygen atoms in total. The van der Waals surface area contributed by atoms with Crippen LogP contribution in [0.5, 0.6) is 0 Å². The normalized spacial score (nSPS) is 14.1. The molecule has 0 heterocycles. The Morgan fingerprint density at radius 3 is 1.33 bits per heavy atom. The molecule has 0 aromatic carbocycles. The van der Waals surface area contributed by atoms with E-state index in [1.54, 1.807) is 6.08 Å². The summed E-state index contributed by atoms with van der Waals surface area (Å²) in [5, 5.41) is 22.5. The van der Waals surface area contributed by atoms with Gasteiger partial charge in [0.15, 0.2) is 0 Å². The third-order valence-corrected chi connectivity index (χ3v) is 8.32. The molecule has 0 spiro atoms. The fourth-order valence-corrected chi connectivity index (χ4v) is 5.26. The summed E-state index contributed by atoms with van der Waals surface area (Å²) in [6, 6.07) is -0.624. The van der Waals surface area contributed by atoms with Gasteiger partial charge < -0.3 is 15.5 Å². The number of aliphatic hydroxyl groups is 2. The van der Waals surface area contributed by atoms with Gasteiger partial charge in [-0.1, -0.05) is 182 Å². The molecular formula is C45H75NO3. The molecule has 0 aliphatic rings. The van der Waals surface area contributed by atoms with Gasteiger partial charge in [-0.05, 0) is 70.6 Å². The molecule has 278 valence electrons. The molecular weight excluding hydrogens is 602 g/mol. The third-order valence-electron chi connectivity index (χ3n) is 8.32. The first kappa shape index (κ1) is 46.3. The number of amides is 1. The van der Waals surface area contributed by atoms with Crippen LogP contribution in [0.2, 0.25) is 0 Å². The van der Waals surface area contributed by atoms with Crippen LogP contribution >= 0.6 is 0 Å². The summed E-state index contributed by atoms with van der Waals surface area (Å²) >= 11 is 0. The predicted molar refractivity (Wildman–Crippen MR) is 216 cm³/mol. The largest absolute Gasteiger partial charge is 0.394 e. The molecule has 4 heteroatoms. The average Bonchev–Trinajstić information content (AvgIpc) is 3.11. The Balaban J connectivity index is 3.53.